The molecule has 30 heavy (non-hydrogen) atoms. The Hall–Kier alpha value is -2.58. The number of carbonyl (C=O) groups excluding carboxylic acids is 1. The van der Waals surface area contributed by atoms with Gasteiger partial charge in [0.1, 0.15) is 5.75 Å². The SMILES string of the molecule is CCOc1ccc(NS(=O)(=O)c2cccc(C(=O)NCCCOCC(C)C)c2)cc1. The van der Waals surface area contributed by atoms with E-state index in [1.54, 1.807) is 36.4 Å². The molecular weight excluding hydrogens is 404 g/mol. The molecule has 2 rings (SSSR count). The molecular formula is C22H30N2O5S. The van der Waals surface area contributed by atoms with E-state index in [1.165, 1.54) is 12.1 Å². The van der Waals surface area contributed by atoms with E-state index in [0.717, 1.165) is 0 Å². The summed E-state index contributed by atoms with van der Waals surface area (Å²) in [6.45, 7) is 8.28. The lowest BCUT2D eigenvalue weighted by Crippen LogP contribution is -2.25. The lowest BCUT2D eigenvalue weighted by Gasteiger charge is -2.11. The second kappa shape index (κ2) is 11.6. The number of anilines is 1. The molecule has 2 aromatic carbocycles. The van der Waals surface area contributed by atoms with Gasteiger partial charge in [-0.3, -0.25) is 9.52 Å². The summed E-state index contributed by atoms with van der Waals surface area (Å²) in [6, 6.07) is 12.6. The standard InChI is InChI=1S/C22H30N2O5S/c1-4-29-20-11-9-19(10-12-20)24-30(26,27)21-8-5-7-18(15-21)22(25)23-13-6-14-28-16-17(2)3/h5,7-12,15,17,24H,4,6,13-14,16H2,1-3H3,(H,23,25). The molecule has 0 aliphatic heterocycles. The van der Waals surface area contributed by atoms with Gasteiger partial charge in [0.05, 0.1) is 11.5 Å². The van der Waals surface area contributed by atoms with E-state index in [2.05, 4.69) is 23.9 Å². The maximum absolute atomic E-state index is 12.7. The summed E-state index contributed by atoms with van der Waals surface area (Å²) in [5, 5.41) is 2.79. The zero-order valence-electron chi connectivity index (χ0n) is 17.7. The van der Waals surface area contributed by atoms with Crippen LogP contribution in [-0.2, 0) is 14.8 Å². The fourth-order valence-corrected chi connectivity index (χ4v) is 3.71. The van der Waals surface area contributed by atoms with Crippen molar-refractivity contribution in [3.8, 4) is 5.75 Å². The van der Waals surface area contributed by atoms with Crippen molar-refractivity contribution >= 4 is 21.6 Å². The summed E-state index contributed by atoms with van der Waals surface area (Å²) in [5.41, 5.74) is 0.697. The van der Waals surface area contributed by atoms with Crippen LogP contribution in [0.3, 0.4) is 0 Å². The molecule has 0 saturated heterocycles. The fourth-order valence-electron chi connectivity index (χ4n) is 2.60. The van der Waals surface area contributed by atoms with Crippen LogP contribution in [0.15, 0.2) is 53.4 Å². The minimum atomic E-state index is -3.83. The molecule has 0 bridgehead atoms. The molecule has 0 unspecified atom stereocenters. The molecule has 7 nitrogen and oxygen atoms in total. The number of rotatable bonds is 12. The van der Waals surface area contributed by atoms with E-state index in [9.17, 15) is 13.2 Å². The van der Waals surface area contributed by atoms with E-state index in [-0.39, 0.29) is 16.4 Å². The van der Waals surface area contributed by atoms with Crippen molar-refractivity contribution in [3.63, 3.8) is 0 Å². The molecule has 164 valence electrons. The first kappa shape index (κ1) is 23.7. The van der Waals surface area contributed by atoms with E-state index < -0.39 is 10.0 Å². The summed E-state index contributed by atoms with van der Waals surface area (Å²) < 4.78 is 38.7. The Kier molecular flexibility index (Phi) is 9.14. The van der Waals surface area contributed by atoms with Crippen LogP contribution in [0, 0.1) is 5.92 Å². The highest BCUT2D eigenvalue weighted by molar-refractivity contribution is 7.92. The normalized spacial score (nSPS) is 11.3. The average Bonchev–Trinajstić information content (AvgIpc) is 2.72. The molecule has 0 atom stereocenters. The number of ether oxygens (including phenoxy) is 2. The average molecular weight is 435 g/mol. The Morgan fingerprint density at radius 3 is 2.50 bits per heavy atom. The number of hydrogen-bond acceptors (Lipinski definition) is 5. The lowest BCUT2D eigenvalue weighted by molar-refractivity contribution is 0.0924. The van der Waals surface area contributed by atoms with Gasteiger partial charge in [-0.15, -0.1) is 0 Å². The molecule has 0 aliphatic carbocycles. The number of benzene rings is 2. The summed E-state index contributed by atoms with van der Waals surface area (Å²) in [5.74, 6) is 0.811. The lowest BCUT2D eigenvalue weighted by atomic mass is 10.2. The van der Waals surface area contributed by atoms with Crippen molar-refractivity contribution in [2.24, 2.45) is 5.92 Å². The number of sulfonamides is 1. The van der Waals surface area contributed by atoms with Gasteiger partial charge >= 0.3 is 0 Å². The predicted octanol–water partition coefficient (Wildman–Crippen LogP) is 3.68. The van der Waals surface area contributed by atoms with Crippen LogP contribution in [0.4, 0.5) is 5.69 Å². The van der Waals surface area contributed by atoms with Gasteiger partial charge in [-0.1, -0.05) is 19.9 Å². The first-order chi connectivity index (χ1) is 14.3. The zero-order valence-corrected chi connectivity index (χ0v) is 18.5. The molecule has 1 amide bonds. The van der Waals surface area contributed by atoms with E-state index in [4.69, 9.17) is 9.47 Å². The smallest absolute Gasteiger partial charge is 0.261 e. The van der Waals surface area contributed by atoms with Crippen molar-refractivity contribution < 1.29 is 22.7 Å². The molecule has 0 radical (unpaired) electrons. The monoisotopic (exact) mass is 434 g/mol. The number of carbonyl (C=O) groups is 1. The summed E-state index contributed by atoms with van der Waals surface area (Å²) in [7, 11) is -3.83. The van der Waals surface area contributed by atoms with Crippen LogP contribution in [0.25, 0.3) is 0 Å². The molecule has 2 aromatic rings. The topological polar surface area (TPSA) is 93.7 Å². The van der Waals surface area contributed by atoms with E-state index >= 15 is 0 Å². The number of hydrogen-bond donors (Lipinski definition) is 2. The molecule has 0 aliphatic rings. The Labute approximate surface area is 178 Å². The van der Waals surface area contributed by atoms with Crippen LogP contribution >= 0.6 is 0 Å². The highest BCUT2D eigenvalue weighted by Crippen LogP contribution is 2.20. The van der Waals surface area contributed by atoms with Gasteiger partial charge in [-0.25, -0.2) is 8.42 Å². The first-order valence-corrected chi connectivity index (χ1v) is 11.5. The highest BCUT2D eigenvalue weighted by Gasteiger charge is 2.16. The molecule has 2 N–H and O–H groups in total. The van der Waals surface area contributed by atoms with Crippen LogP contribution in [0.2, 0.25) is 0 Å². The van der Waals surface area contributed by atoms with Crippen molar-refractivity contribution in [3.05, 3.63) is 54.1 Å². The third-order valence-corrected chi connectivity index (χ3v) is 5.41. The Bertz CT molecular complexity index is 911. The summed E-state index contributed by atoms with van der Waals surface area (Å²) >= 11 is 0. The molecule has 0 aromatic heterocycles. The third kappa shape index (κ3) is 7.68. The van der Waals surface area contributed by atoms with Gasteiger partial charge < -0.3 is 14.8 Å². The van der Waals surface area contributed by atoms with Gasteiger partial charge in [0.15, 0.2) is 0 Å². The predicted molar refractivity (Wildman–Crippen MR) is 117 cm³/mol. The Balaban J connectivity index is 1.95. The number of amides is 1. The Morgan fingerprint density at radius 2 is 1.83 bits per heavy atom. The fraction of sp³-hybridized carbons (Fsp3) is 0.409. The van der Waals surface area contributed by atoms with Gasteiger partial charge in [0.25, 0.3) is 15.9 Å². The summed E-state index contributed by atoms with van der Waals surface area (Å²) in [4.78, 5) is 12.4. The van der Waals surface area contributed by atoms with Crippen molar-refractivity contribution in [1.82, 2.24) is 5.32 Å². The molecule has 0 saturated carbocycles. The minimum Gasteiger partial charge on any atom is -0.494 e. The van der Waals surface area contributed by atoms with Crippen molar-refractivity contribution in [1.29, 1.82) is 0 Å². The van der Waals surface area contributed by atoms with Gasteiger partial charge in [0.2, 0.25) is 0 Å². The zero-order chi connectivity index (χ0) is 22.0. The van der Waals surface area contributed by atoms with Crippen LogP contribution in [-0.4, -0.2) is 40.7 Å². The minimum absolute atomic E-state index is 0.0179. The second-order valence-electron chi connectivity index (χ2n) is 7.17. The highest BCUT2D eigenvalue weighted by atomic mass is 32.2. The third-order valence-electron chi connectivity index (χ3n) is 4.03. The van der Waals surface area contributed by atoms with Crippen molar-refractivity contribution in [2.75, 3.05) is 31.1 Å². The first-order valence-electron chi connectivity index (χ1n) is 10.0. The van der Waals surface area contributed by atoms with E-state index in [0.29, 0.717) is 50.1 Å². The number of nitrogens with one attached hydrogen (secondary N) is 2. The van der Waals surface area contributed by atoms with Crippen LogP contribution in [0.5, 0.6) is 5.75 Å². The van der Waals surface area contributed by atoms with Crippen LogP contribution < -0.4 is 14.8 Å². The second-order valence-corrected chi connectivity index (χ2v) is 8.85. The molecule has 0 heterocycles. The quantitative estimate of drug-likeness (QED) is 0.497. The van der Waals surface area contributed by atoms with Crippen LogP contribution in [0.1, 0.15) is 37.6 Å². The largest absolute Gasteiger partial charge is 0.494 e. The van der Waals surface area contributed by atoms with Gasteiger partial charge in [0, 0.05) is 31.0 Å². The van der Waals surface area contributed by atoms with Crippen molar-refractivity contribution in [2.45, 2.75) is 32.1 Å². The maximum atomic E-state index is 12.7. The molecule has 8 heteroatoms. The summed E-state index contributed by atoms with van der Waals surface area (Å²) in [6.07, 6.45) is 0.690. The Morgan fingerprint density at radius 1 is 1.10 bits per heavy atom. The van der Waals surface area contributed by atoms with E-state index in [1.807, 2.05) is 6.92 Å². The molecule has 0 fully saturated rings. The van der Waals surface area contributed by atoms with Gasteiger partial charge in [-0.05, 0) is 61.7 Å². The molecule has 0 spiro atoms. The maximum Gasteiger partial charge on any atom is 0.261 e. The van der Waals surface area contributed by atoms with Gasteiger partial charge in [-0.2, -0.15) is 0 Å².